The minimum Gasteiger partial charge on any atom is -0.456 e. The molecule has 2 rings (SSSR count). The minimum absolute atomic E-state index is 0.231. The van der Waals surface area contributed by atoms with E-state index in [9.17, 15) is 9.59 Å². The molecule has 0 bridgehead atoms. The zero-order valence-electron chi connectivity index (χ0n) is 12.6. The molecule has 5 heteroatoms. The second kappa shape index (κ2) is 8.93. The van der Waals surface area contributed by atoms with Crippen LogP contribution in [0.3, 0.4) is 0 Å². The van der Waals surface area contributed by atoms with E-state index in [1.54, 1.807) is 6.07 Å². The molecule has 1 fully saturated rings. The van der Waals surface area contributed by atoms with Gasteiger partial charge >= 0.3 is 5.97 Å². The molecule has 0 radical (unpaired) electrons. The smallest absolute Gasteiger partial charge is 0.306 e. The molecule has 0 heterocycles. The molecule has 22 heavy (non-hydrogen) atoms. The van der Waals surface area contributed by atoms with Crippen LogP contribution in [-0.4, -0.2) is 18.5 Å². The highest BCUT2D eigenvalue weighted by Gasteiger charge is 2.16. The Hall–Kier alpha value is -1.36. The van der Waals surface area contributed by atoms with Gasteiger partial charge in [-0.3, -0.25) is 9.59 Å². The highest BCUT2D eigenvalue weighted by Crippen LogP contribution is 2.27. The summed E-state index contributed by atoms with van der Waals surface area (Å²) in [5, 5.41) is 2.71. The number of carbonyl (C=O) groups excluding carboxylic acids is 2. The van der Waals surface area contributed by atoms with Crippen molar-refractivity contribution in [3.05, 3.63) is 28.7 Å². The third kappa shape index (κ3) is 5.79. The standard InChI is InChI=1S/C17H22BrNO3/c18-14-8-4-5-9-15(14)19-16(20)12-22-17(21)11-10-13-6-2-1-3-7-13/h4-5,8-9,13H,1-3,6-7,10-12H2,(H,19,20). The highest BCUT2D eigenvalue weighted by atomic mass is 79.9. The summed E-state index contributed by atoms with van der Waals surface area (Å²) in [5.41, 5.74) is 0.672. The van der Waals surface area contributed by atoms with Crippen molar-refractivity contribution in [2.24, 2.45) is 5.92 Å². The normalized spacial score (nSPS) is 15.3. The predicted molar refractivity (Wildman–Crippen MR) is 89.5 cm³/mol. The van der Waals surface area contributed by atoms with Crippen LogP contribution in [0.25, 0.3) is 0 Å². The zero-order chi connectivity index (χ0) is 15.8. The Balaban J connectivity index is 1.65. The van der Waals surface area contributed by atoms with Gasteiger partial charge in [-0.05, 0) is 40.4 Å². The number of carbonyl (C=O) groups is 2. The topological polar surface area (TPSA) is 55.4 Å². The van der Waals surface area contributed by atoms with Gasteiger partial charge in [0.1, 0.15) is 0 Å². The SMILES string of the molecule is O=C(COC(=O)CCC1CCCCC1)Nc1ccccc1Br. The first-order valence-electron chi connectivity index (χ1n) is 7.85. The van der Waals surface area contributed by atoms with E-state index in [0.29, 0.717) is 18.0 Å². The molecule has 1 amide bonds. The number of ether oxygens (including phenoxy) is 1. The van der Waals surface area contributed by atoms with Gasteiger partial charge in [0, 0.05) is 10.9 Å². The highest BCUT2D eigenvalue weighted by molar-refractivity contribution is 9.10. The fraction of sp³-hybridized carbons (Fsp3) is 0.529. The molecule has 4 nitrogen and oxygen atoms in total. The average Bonchev–Trinajstić information content (AvgIpc) is 2.54. The lowest BCUT2D eigenvalue weighted by Gasteiger charge is -2.20. The third-order valence-corrected chi connectivity index (χ3v) is 4.69. The first-order valence-corrected chi connectivity index (χ1v) is 8.64. The van der Waals surface area contributed by atoms with Gasteiger partial charge in [0.2, 0.25) is 0 Å². The van der Waals surface area contributed by atoms with Gasteiger partial charge in [-0.25, -0.2) is 0 Å². The Kier molecular flexibility index (Phi) is 6.90. The monoisotopic (exact) mass is 367 g/mol. The number of anilines is 1. The Morgan fingerprint density at radius 1 is 1.18 bits per heavy atom. The maximum atomic E-state index is 11.8. The van der Waals surface area contributed by atoms with Crippen LogP contribution in [0.4, 0.5) is 5.69 Å². The van der Waals surface area contributed by atoms with E-state index < -0.39 is 0 Å². The van der Waals surface area contributed by atoms with Crippen LogP contribution in [-0.2, 0) is 14.3 Å². The molecule has 0 aliphatic heterocycles. The van der Waals surface area contributed by atoms with Gasteiger partial charge in [-0.2, -0.15) is 0 Å². The van der Waals surface area contributed by atoms with Gasteiger partial charge < -0.3 is 10.1 Å². The molecule has 1 aromatic rings. The van der Waals surface area contributed by atoms with Gasteiger partial charge in [-0.1, -0.05) is 44.2 Å². The molecule has 0 unspecified atom stereocenters. The van der Waals surface area contributed by atoms with E-state index in [1.165, 1.54) is 32.1 Å². The van der Waals surface area contributed by atoms with Crippen molar-refractivity contribution in [2.45, 2.75) is 44.9 Å². The number of amides is 1. The molecule has 120 valence electrons. The fourth-order valence-electron chi connectivity index (χ4n) is 2.76. The fourth-order valence-corrected chi connectivity index (χ4v) is 3.15. The lowest BCUT2D eigenvalue weighted by molar-refractivity contribution is -0.147. The van der Waals surface area contributed by atoms with E-state index in [-0.39, 0.29) is 18.5 Å². The zero-order valence-corrected chi connectivity index (χ0v) is 14.2. The van der Waals surface area contributed by atoms with Crippen molar-refractivity contribution in [3.8, 4) is 0 Å². The lowest BCUT2D eigenvalue weighted by atomic mass is 9.86. The van der Waals surface area contributed by atoms with Crippen molar-refractivity contribution >= 4 is 33.5 Å². The van der Waals surface area contributed by atoms with Gasteiger partial charge in [0.15, 0.2) is 6.61 Å². The molecular formula is C17H22BrNO3. The molecule has 0 atom stereocenters. The van der Waals surface area contributed by atoms with Crippen molar-refractivity contribution in [1.82, 2.24) is 0 Å². The number of hydrogen-bond donors (Lipinski definition) is 1. The molecule has 0 aromatic heterocycles. The molecule has 1 saturated carbocycles. The third-order valence-electron chi connectivity index (χ3n) is 3.99. The number of hydrogen-bond acceptors (Lipinski definition) is 3. The van der Waals surface area contributed by atoms with Crippen LogP contribution in [0.2, 0.25) is 0 Å². The van der Waals surface area contributed by atoms with Gasteiger partial charge in [-0.15, -0.1) is 0 Å². The summed E-state index contributed by atoms with van der Waals surface area (Å²) in [6, 6.07) is 7.32. The number of para-hydroxylation sites is 1. The Bertz CT molecular complexity index is 512. The van der Waals surface area contributed by atoms with E-state index in [4.69, 9.17) is 4.74 Å². The van der Waals surface area contributed by atoms with Crippen LogP contribution in [0.1, 0.15) is 44.9 Å². The quantitative estimate of drug-likeness (QED) is 0.762. The summed E-state index contributed by atoms with van der Waals surface area (Å²) in [6.07, 6.45) is 7.58. The van der Waals surface area contributed by atoms with Gasteiger partial charge in [0.05, 0.1) is 5.69 Å². The summed E-state index contributed by atoms with van der Waals surface area (Å²) >= 11 is 3.35. The summed E-state index contributed by atoms with van der Waals surface area (Å²) in [5.74, 6) is 0.0427. The van der Waals surface area contributed by atoms with Crippen LogP contribution in [0, 0.1) is 5.92 Å². The Labute approximate surface area is 139 Å². The van der Waals surface area contributed by atoms with E-state index >= 15 is 0 Å². The number of benzene rings is 1. The number of nitrogens with one attached hydrogen (secondary N) is 1. The van der Waals surface area contributed by atoms with E-state index in [0.717, 1.165) is 10.9 Å². The first-order chi connectivity index (χ1) is 10.6. The summed E-state index contributed by atoms with van der Waals surface area (Å²) in [7, 11) is 0. The largest absolute Gasteiger partial charge is 0.456 e. The van der Waals surface area contributed by atoms with Crippen molar-refractivity contribution in [3.63, 3.8) is 0 Å². The molecule has 1 aromatic carbocycles. The van der Waals surface area contributed by atoms with Gasteiger partial charge in [0.25, 0.3) is 5.91 Å². The number of halogens is 1. The van der Waals surface area contributed by atoms with Crippen molar-refractivity contribution < 1.29 is 14.3 Å². The second-order valence-corrected chi connectivity index (χ2v) is 6.59. The van der Waals surface area contributed by atoms with E-state index in [2.05, 4.69) is 21.2 Å². The Morgan fingerprint density at radius 2 is 1.91 bits per heavy atom. The average molecular weight is 368 g/mol. The molecular weight excluding hydrogens is 346 g/mol. The maximum absolute atomic E-state index is 11.8. The van der Waals surface area contributed by atoms with E-state index in [1.807, 2.05) is 18.2 Å². The van der Waals surface area contributed by atoms with Crippen molar-refractivity contribution in [2.75, 3.05) is 11.9 Å². The minimum atomic E-state index is -0.321. The summed E-state index contributed by atoms with van der Waals surface area (Å²) < 4.78 is 5.84. The first kappa shape index (κ1) is 17.0. The van der Waals surface area contributed by atoms with Crippen LogP contribution < -0.4 is 5.32 Å². The molecule has 1 aliphatic rings. The molecule has 1 aliphatic carbocycles. The Morgan fingerprint density at radius 3 is 2.64 bits per heavy atom. The van der Waals surface area contributed by atoms with Crippen molar-refractivity contribution in [1.29, 1.82) is 0 Å². The summed E-state index contributed by atoms with van der Waals surface area (Å²) in [6.45, 7) is -0.231. The molecule has 0 spiro atoms. The number of esters is 1. The van der Waals surface area contributed by atoms with Crippen LogP contribution in [0.5, 0.6) is 0 Å². The summed E-state index contributed by atoms with van der Waals surface area (Å²) in [4.78, 5) is 23.5. The maximum Gasteiger partial charge on any atom is 0.306 e. The molecule has 0 saturated heterocycles. The lowest BCUT2D eigenvalue weighted by Crippen LogP contribution is -2.21. The number of rotatable bonds is 6. The van der Waals surface area contributed by atoms with Crippen LogP contribution in [0.15, 0.2) is 28.7 Å². The van der Waals surface area contributed by atoms with Crippen LogP contribution >= 0.6 is 15.9 Å². The molecule has 1 N–H and O–H groups in total. The predicted octanol–water partition coefficient (Wildman–Crippen LogP) is 4.29. The second-order valence-electron chi connectivity index (χ2n) is 5.73.